The van der Waals surface area contributed by atoms with Crippen molar-refractivity contribution in [2.75, 3.05) is 19.8 Å². The minimum atomic E-state index is -0.889. The second-order valence-electron chi connectivity index (χ2n) is 5.54. The number of benzene rings is 2. The summed E-state index contributed by atoms with van der Waals surface area (Å²) in [7, 11) is 0. The van der Waals surface area contributed by atoms with Crippen LogP contribution >= 0.6 is 0 Å². The van der Waals surface area contributed by atoms with Crippen molar-refractivity contribution in [2.24, 2.45) is 0 Å². The number of para-hydroxylation sites is 1. The van der Waals surface area contributed by atoms with Gasteiger partial charge in [0, 0.05) is 6.07 Å². The van der Waals surface area contributed by atoms with E-state index in [0.29, 0.717) is 10.6 Å². The number of fused-ring (bicyclic) bond motifs is 1. The molecule has 9 nitrogen and oxygen atoms in total. The number of nitro groups is 1. The predicted octanol–water partition coefficient (Wildman–Crippen LogP) is 1.81. The number of nitrogens with zero attached hydrogens (tertiary/aromatic N) is 2. The Balaban J connectivity index is 1.57. The maximum Gasteiger partial charge on any atom is 0.326 e. The monoisotopic (exact) mass is 370 g/mol. The molecule has 2 aromatic rings. The van der Waals surface area contributed by atoms with Crippen LogP contribution in [0.5, 0.6) is 5.75 Å². The number of carbonyl (C=O) groups excluding carboxylic acids is 3. The van der Waals surface area contributed by atoms with Gasteiger partial charge in [0.1, 0.15) is 31.1 Å². The van der Waals surface area contributed by atoms with Crippen molar-refractivity contribution in [3.8, 4) is 5.75 Å². The van der Waals surface area contributed by atoms with Gasteiger partial charge in [-0.3, -0.25) is 29.4 Å². The van der Waals surface area contributed by atoms with Gasteiger partial charge in [0.25, 0.3) is 17.5 Å². The van der Waals surface area contributed by atoms with E-state index in [9.17, 15) is 24.5 Å². The normalized spacial score (nSPS) is 12.7. The van der Waals surface area contributed by atoms with Gasteiger partial charge in [0.2, 0.25) is 0 Å². The lowest BCUT2D eigenvalue weighted by atomic mass is 10.1. The number of esters is 1. The second kappa shape index (κ2) is 7.65. The maximum atomic E-state index is 12.4. The average molecular weight is 370 g/mol. The van der Waals surface area contributed by atoms with E-state index in [4.69, 9.17) is 9.47 Å². The summed E-state index contributed by atoms with van der Waals surface area (Å²) in [4.78, 5) is 47.5. The molecule has 0 spiro atoms. The molecule has 0 saturated heterocycles. The van der Waals surface area contributed by atoms with Crippen LogP contribution in [-0.4, -0.2) is 47.4 Å². The molecule has 2 amide bonds. The van der Waals surface area contributed by atoms with Gasteiger partial charge in [-0.15, -0.1) is 0 Å². The molecule has 1 heterocycles. The fraction of sp³-hybridized carbons (Fsp3) is 0.167. The van der Waals surface area contributed by atoms with Crippen molar-refractivity contribution in [1.29, 1.82) is 0 Å². The zero-order valence-electron chi connectivity index (χ0n) is 14.0. The van der Waals surface area contributed by atoms with E-state index >= 15 is 0 Å². The van der Waals surface area contributed by atoms with E-state index in [1.165, 1.54) is 12.1 Å². The minimum Gasteiger partial charge on any atom is -0.490 e. The van der Waals surface area contributed by atoms with Crippen LogP contribution in [0.4, 0.5) is 5.69 Å². The van der Waals surface area contributed by atoms with Crippen LogP contribution in [0, 0.1) is 10.1 Å². The van der Waals surface area contributed by atoms with Crippen LogP contribution in [0.2, 0.25) is 0 Å². The lowest BCUT2D eigenvalue weighted by molar-refractivity contribution is -0.385. The van der Waals surface area contributed by atoms with E-state index in [-0.39, 0.29) is 24.3 Å². The molecule has 1 aliphatic rings. The standard InChI is InChI=1S/C18H14N2O7/c21-15(27-10-9-26-12-5-2-1-3-6-12)11-19-17(22)13-7-4-8-14(20(24)25)16(13)18(19)23/h1-8H,9-11H2. The van der Waals surface area contributed by atoms with Gasteiger partial charge < -0.3 is 9.47 Å². The molecule has 0 bridgehead atoms. The van der Waals surface area contributed by atoms with Crippen LogP contribution in [0.25, 0.3) is 0 Å². The van der Waals surface area contributed by atoms with Gasteiger partial charge >= 0.3 is 5.97 Å². The fourth-order valence-electron chi connectivity index (χ4n) is 2.62. The van der Waals surface area contributed by atoms with Gasteiger partial charge in [0.05, 0.1) is 10.5 Å². The topological polar surface area (TPSA) is 116 Å². The van der Waals surface area contributed by atoms with Gasteiger partial charge in [-0.05, 0) is 18.2 Å². The summed E-state index contributed by atoms with van der Waals surface area (Å²) in [6, 6.07) is 12.7. The van der Waals surface area contributed by atoms with Crippen LogP contribution in [0.3, 0.4) is 0 Å². The van der Waals surface area contributed by atoms with Crippen LogP contribution < -0.4 is 4.74 Å². The number of amides is 2. The number of nitro benzene ring substituents is 1. The molecule has 9 heteroatoms. The number of rotatable bonds is 7. The lowest BCUT2D eigenvalue weighted by Gasteiger charge is -2.13. The lowest BCUT2D eigenvalue weighted by Crippen LogP contribution is -2.36. The molecule has 0 radical (unpaired) electrons. The van der Waals surface area contributed by atoms with E-state index < -0.39 is 34.9 Å². The molecule has 0 saturated carbocycles. The number of carbonyl (C=O) groups is 3. The average Bonchev–Trinajstić information content (AvgIpc) is 2.91. The Morgan fingerprint density at radius 2 is 1.74 bits per heavy atom. The van der Waals surface area contributed by atoms with E-state index in [1.54, 1.807) is 24.3 Å². The molecule has 0 unspecified atom stereocenters. The van der Waals surface area contributed by atoms with E-state index in [0.717, 1.165) is 6.07 Å². The highest BCUT2D eigenvalue weighted by atomic mass is 16.6. The van der Waals surface area contributed by atoms with Crippen molar-refractivity contribution in [3.63, 3.8) is 0 Å². The summed E-state index contributed by atoms with van der Waals surface area (Å²) in [6.45, 7) is -0.602. The Labute approximate surface area is 153 Å². The van der Waals surface area contributed by atoms with Crippen molar-refractivity contribution >= 4 is 23.5 Å². The molecule has 2 aromatic carbocycles. The quantitative estimate of drug-likeness (QED) is 0.240. The van der Waals surface area contributed by atoms with Crippen molar-refractivity contribution in [3.05, 3.63) is 69.8 Å². The largest absolute Gasteiger partial charge is 0.490 e. The summed E-state index contributed by atoms with van der Waals surface area (Å²) in [5.41, 5.74) is -0.889. The zero-order valence-corrected chi connectivity index (χ0v) is 14.0. The van der Waals surface area contributed by atoms with Crippen molar-refractivity contribution in [2.45, 2.75) is 0 Å². The number of hydrogen-bond acceptors (Lipinski definition) is 7. The summed E-state index contributed by atoms with van der Waals surface area (Å²) in [6.07, 6.45) is 0. The molecule has 3 rings (SSSR count). The molecule has 1 aliphatic heterocycles. The highest BCUT2D eigenvalue weighted by molar-refractivity contribution is 6.24. The van der Waals surface area contributed by atoms with Gasteiger partial charge in [0.15, 0.2) is 0 Å². The van der Waals surface area contributed by atoms with Gasteiger partial charge in [-0.25, -0.2) is 0 Å². The number of ether oxygens (including phenoxy) is 2. The van der Waals surface area contributed by atoms with Gasteiger partial charge in [-0.2, -0.15) is 0 Å². The van der Waals surface area contributed by atoms with Crippen LogP contribution in [0.15, 0.2) is 48.5 Å². The molecule has 0 aromatic heterocycles. The SMILES string of the molecule is O=C(CN1C(=O)c2cccc([N+](=O)[O-])c2C1=O)OCCOc1ccccc1. The number of hydrogen-bond donors (Lipinski definition) is 0. The molecule has 0 aliphatic carbocycles. The Morgan fingerprint density at radius 3 is 2.44 bits per heavy atom. The minimum absolute atomic E-state index is 0.0724. The third-order valence-electron chi connectivity index (χ3n) is 3.82. The van der Waals surface area contributed by atoms with Crippen molar-refractivity contribution in [1.82, 2.24) is 4.90 Å². The Morgan fingerprint density at radius 1 is 1.00 bits per heavy atom. The molecule has 0 N–H and O–H groups in total. The summed E-state index contributed by atoms with van der Waals surface area (Å²) in [5, 5.41) is 11.1. The second-order valence-corrected chi connectivity index (χ2v) is 5.54. The molecule has 0 fully saturated rings. The summed E-state index contributed by atoms with van der Waals surface area (Å²) >= 11 is 0. The summed E-state index contributed by atoms with van der Waals surface area (Å²) in [5.74, 6) is -1.86. The number of imide groups is 1. The first-order valence-corrected chi connectivity index (χ1v) is 7.96. The molecular formula is C18H14N2O7. The Bertz CT molecular complexity index is 911. The Kier molecular flexibility index (Phi) is 5.11. The highest BCUT2D eigenvalue weighted by Gasteiger charge is 2.41. The first-order valence-electron chi connectivity index (χ1n) is 7.96. The smallest absolute Gasteiger partial charge is 0.326 e. The molecule has 0 atom stereocenters. The zero-order chi connectivity index (χ0) is 19.4. The molecule has 138 valence electrons. The predicted molar refractivity (Wildman–Crippen MR) is 91.4 cm³/mol. The third kappa shape index (κ3) is 3.76. The first-order chi connectivity index (χ1) is 13.0. The van der Waals surface area contributed by atoms with Gasteiger partial charge in [-0.1, -0.05) is 24.3 Å². The maximum absolute atomic E-state index is 12.4. The van der Waals surface area contributed by atoms with Crippen LogP contribution in [0.1, 0.15) is 20.7 Å². The van der Waals surface area contributed by atoms with Crippen molar-refractivity contribution < 1.29 is 28.8 Å². The van der Waals surface area contributed by atoms with E-state index in [2.05, 4.69) is 0 Å². The third-order valence-corrected chi connectivity index (χ3v) is 3.82. The Hall–Kier alpha value is -3.75. The van der Waals surface area contributed by atoms with Crippen LogP contribution in [-0.2, 0) is 9.53 Å². The fourth-order valence-corrected chi connectivity index (χ4v) is 2.62. The molecular weight excluding hydrogens is 356 g/mol. The summed E-state index contributed by atoms with van der Waals surface area (Å²) < 4.78 is 10.3. The van der Waals surface area contributed by atoms with E-state index in [1.807, 2.05) is 6.07 Å². The first kappa shape index (κ1) is 18.1. The highest BCUT2D eigenvalue weighted by Crippen LogP contribution is 2.30. The molecule has 27 heavy (non-hydrogen) atoms.